The van der Waals surface area contributed by atoms with E-state index in [0.29, 0.717) is 26.3 Å². The molecule has 2 saturated heterocycles. The SMILES string of the molecule is CC(C)(C)OC(=O)N1CCCC(Nc2ccc3c(c2)Sc2cccc(-c4cc(N5CCOCC5)cc(=O)[nH]4)c2O3)C1. The summed E-state index contributed by atoms with van der Waals surface area (Å²) in [6.07, 6.45) is 1.64. The fourth-order valence-electron chi connectivity index (χ4n) is 5.40. The van der Waals surface area contributed by atoms with Gasteiger partial charge in [0.15, 0.2) is 5.75 Å². The van der Waals surface area contributed by atoms with Gasteiger partial charge in [-0.3, -0.25) is 4.79 Å². The number of aromatic amines is 1. The Bertz CT molecular complexity index is 1490. The first kappa shape index (κ1) is 27.5. The Hall–Kier alpha value is -3.63. The number of aromatic nitrogens is 1. The van der Waals surface area contributed by atoms with Gasteiger partial charge in [-0.05, 0) is 70.0 Å². The number of benzene rings is 2. The molecule has 2 fully saturated rings. The van der Waals surface area contributed by atoms with Crippen LogP contribution in [0.25, 0.3) is 11.3 Å². The van der Waals surface area contributed by atoms with E-state index in [4.69, 9.17) is 14.2 Å². The van der Waals surface area contributed by atoms with Gasteiger partial charge in [0.1, 0.15) is 11.4 Å². The first-order chi connectivity index (χ1) is 19.7. The van der Waals surface area contributed by atoms with E-state index in [1.807, 2.05) is 57.2 Å². The number of rotatable bonds is 4. The highest BCUT2D eigenvalue weighted by molar-refractivity contribution is 7.99. The number of anilines is 2. The smallest absolute Gasteiger partial charge is 0.410 e. The van der Waals surface area contributed by atoms with Gasteiger partial charge in [-0.25, -0.2) is 4.79 Å². The van der Waals surface area contributed by atoms with E-state index < -0.39 is 5.60 Å². The van der Waals surface area contributed by atoms with Crippen molar-refractivity contribution in [3.8, 4) is 22.8 Å². The molecule has 0 spiro atoms. The second-order valence-electron chi connectivity index (χ2n) is 11.6. The fourth-order valence-corrected chi connectivity index (χ4v) is 6.43. The van der Waals surface area contributed by atoms with Gasteiger partial charge in [0, 0.05) is 55.2 Å². The summed E-state index contributed by atoms with van der Waals surface area (Å²) in [5.41, 5.74) is 2.79. The first-order valence-electron chi connectivity index (χ1n) is 14.2. The molecule has 3 aliphatic heterocycles. The third-order valence-electron chi connectivity index (χ3n) is 7.29. The summed E-state index contributed by atoms with van der Waals surface area (Å²) >= 11 is 1.65. The lowest BCUT2D eigenvalue weighted by molar-refractivity contribution is 0.0206. The number of ether oxygens (including phenoxy) is 3. The van der Waals surface area contributed by atoms with Gasteiger partial charge >= 0.3 is 6.09 Å². The third-order valence-corrected chi connectivity index (χ3v) is 8.37. The van der Waals surface area contributed by atoms with Crippen molar-refractivity contribution in [3.05, 3.63) is 58.9 Å². The molecule has 3 aromatic rings. The van der Waals surface area contributed by atoms with Crippen molar-refractivity contribution < 1.29 is 19.0 Å². The van der Waals surface area contributed by atoms with Crippen LogP contribution in [0.1, 0.15) is 33.6 Å². The lowest BCUT2D eigenvalue weighted by Crippen LogP contribution is -2.46. The Morgan fingerprint density at radius 3 is 2.71 bits per heavy atom. The Balaban J connectivity index is 1.19. The summed E-state index contributed by atoms with van der Waals surface area (Å²) in [6, 6.07) is 15.9. The van der Waals surface area contributed by atoms with Crippen LogP contribution in [0.5, 0.6) is 11.5 Å². The molecule has 1 aromatic heterocycles. The zero-order valence-corrected chi connectivity index (χ0v) is 24.5. The Kier molecular flexibility index (Phi) is 7.61. The number of piperidine rings is 1. The minimum absolute atomic E-state index is 0.137. The van der Waals surface area contributed by atoms with Crippen LogP contribution < -0.4 is 20.5 Å². The second kappa shape index (κ2) is 11.3. The third kappa shape index (κ3) is 6.33. The quantitative estimate of drug-likeness (QED) is 0.308. The molecule has 4 heterocycles. The molecule has 3 aliphatic rings. The highest BCUT2D eigenvalue weighted by Gasteiger charge is 2.28. The van der Waals surface area contributed by atoms with E-state index in [0.717, 1.165) is 69.9 Å². The first-order valence-corrected chi connectivity index (χ1v) is 15.0. The number of hydrogen-bond acceptors (Lipinski definition) is 8. The number of hydrogen-bond donors (Lipinski definition) is 2. The molecular formula is C31H36N4O5S. The molecule has 2 aromatic carbocycles. The normalized spacial score (nSPS) is 18.7. The maximum absolute atomic E-state index is 12.6. The van der Waals surface area contributed by atoms with Crippen molar-refractivity contribution in [2.24, 2.45) is 0 Å². The van der Waals surface area contributed by atoms with Crippen molar-refractivity contribution in [1.29, 1.82) is 0 Å². The number of morpholine rings is 1. The van der Waals surface area contributed by atoms with E-state index in [-0.39, 0.29) is 17.7 Å². The van der Waals surface area contributed by atoms with Crippen LogP contribution >= 0.6 is 11.8 Å². The lowest BCUT2D eigenvalue weighted by atomic mass is 10.1. The van der Waals surface area contributed by atoms with Crippen molar-refractivity contribution in [1.82, 2.24) is 9.88 Å². The van der Waals surface area contributed by atoms with Crippen molar-refractivity contribution >= 4 is 29.2 Å². The minimum Gasteiger partial charge on any atom is -0.454 e. The topological polar surface area (TPSA) is 96.1 Å². The molecule has 0 bridgehead atoms. The lowest BCUT2D eigenvalue weighted by Gasteiger charge is -2.35. The van der Waals surface area contributed by atoms with Crippen LogP contribution in [-0.2, 0) is 9.47 Å². The minimum atomic E-state index is -0.510. The monoisotopic (exact) mass is 576 g/mol. The fraction of sp³-hybridized carbons (Fsp3) is 0.419. The van der Waals surface area contributed by atoms with E-state index in [1.165, 1.54) is 0 Å². The summed E-state index contributed by atoms with van der Waals surface area (Å²) in [5.74, 6) is 1.51. The summed E-state index contributed by atoms with van der Waals surface area (Å²) in [7, 11) is 0. The van der Waals surface area contributed by atoms with Gasteiger partial charge in [0.05, 0.1) is 28.7 Å². The zero-order chi connectivity index (χ0) is 28.6. The molecule has 1 unspecified atom stereocenters. The van der Waals surface area contributed by atoms with Gasteiger partial charge in [-0.15, -0.1) is 0 Å². The van der Waals surface area contributed by atoms with Crippen LogP contribution in [0.2, 0.25) is 0 Å². The molecule has 10 heteroatoms. The number of nitrogens with zero attached hydrogens (tertiary/aromatic N) is 2. The number of carbonyl (C=O) groups is 1. The molecule has 0 aliphatic carbocycles. The summed E-state index contributed by atoms with van der Waals surface area (Å²) in [5, 5.41) is 3.61. The van der Waals surface area contributed by atoms with Crippen molar-refractivity contribution in [3.63, 3.8) is 0 Å². The van der Waals surface area contributed by atoms with Crippen LogP contribution in [-0.4, -0.2) is 67.0 Å². The van der Waals surface area contributed by atoms with Gasteiger partial charge in [-0.2, -0.15) is 0 Å². The molecule has 216 valence electrons. The molecule has 2 N–H and O–H groups in total. The van der Waals surface area contributed by atoms with Crippen LogP contribution in [0.15, 0.2) is 63.1 Å². The molecular weight excluding hydrogens is 540 g/mol. The predicted octanol–water partition coefficient (Wildman–Crippen LogP) is 5.95. The molecule has 6 rings (SSSR count). The molecule has 9 nitrogen and oxygen atoms in total. The van der Waals surface area contributed by atoms with Crippen LogP contribution in [0.3, 0.4) is 0 Å². The zero-order valence-electron chi connectivity index (χ0n) is 23.7. The van der Waals surface area contributed by atoms with E-state index in [1.54, 1.807) is 22.7 Å². The average molecular weight is 577 g/mol. The standard InChI is InChI=1S/C31H36N4O5S/c1-31(2,3)40-30(37)35-11-5-6-21(19-35)32-20-9-10-25-27(16-20)41-26-8-4-7-23(29(26)39-25)24-17-22(18-28(36)33-24)34-12-14-38-15-13-34/h4,7-10,16-18,21,32H,5-6,11-15,19H2,1-3H3,(H,33,36). The van der Waals surface area contributed by atoms with E-state index in [2.05, 4.69) is 21.3 Å². The van der Waals surface area contributed by atoms with Gasteiger partial charge in [-0.1, -0.05) is 17.8 Å². The molecule has 1 atom stereocenters. The number of likely N-dealkylation sites (tertiary alicyclic amines) is 1. The second-order valence-corrected chi connectivity index (χ2v) is 12.7. The largest absolute Gasteiger partial charge is 0.454 e. The van der Waals surface area contributed by atoms with Gasteiger partial charge < -0.3 is 34.3 Å². The highest BCUT2D eigenvalue weighted by Crippen LogP contribution is 2.51. The van der Waals surface area contributed by atoms with E-state index in [9.17, 15) is 9.59 Å². The number of fused-ring (bicyclic) bond motifs is 2. The molecule has 0 radical (unpaired) electrons. The number of carbonyl (C=O) groups excluding carboxylic acids is 1. The summed E-state index contributed by atoms with van der Waals surface area (Å²) in [4.78, 5) is 34.2. The maximum Gasteiger partial charge on any atom is 0.410 e. The van der Waals surface area contributed by atoms with E-state index >= 15 is 0 Å². The van der Waals surface area contributed by atoms with Crippen molar-refractivity contribution in [2.75, 3.05) is 49.6 Å². The highest BCUT2D eigenvalue weighted by atomic mass is 32.2. The number of pyridine rings is 1. The number of amides is 1. The predicted molar refractivity (Wildman–Crippen MR) is 161 cm³/mol. The Labute approximate surface area is 244 Å². The molecule has 0 saturated carbocycles. The summed E-state index contributed by atoms with van der Waals surface area (Å²) < 4.78 is 17.5. The Morgan fingerprint density at radius 1 is 1.07 bits per heavy atom. The maximum atomic E-state index is 12.6. The van der Waals surface area contributed by atoms with Crippen LogP contribution in [0.4, 0.5) is 16.2 Å². The number of para-hydroxylation sites is 1. The average Bonchev–Trinajstić information content (AvgIpc) is 2.95. The molecule has 41 heavy (non-hydrogen) atoms. The van der Waals surface area contributed by atoms with Gasteiger partial charge in [0.2, 0.25) is 5.56 Å². The Morgan fingerprint density at radius 2 is 1.90 bits per heavy atom. The summed E-state index contributed by atoms with van der Waals surface area (Å²) in [6.45, 7) is 9.79. The number of H-pyrrole nitrogens is 1. The number of nitrogens with one attached hydrogen (secondary N) is 2. The van der Waals surface area contributed by atoms with Gasteiger partial charge in [0.25, 0.3) is 0 Å². The van der Waals surface area contributed by atoms with Crippen LogP contribution in [0, 0.1) is 0 Å². The molecule has 1 amide bonds. The van der Waals surface area contributed by atoms with Crippen molar-refractivity contribution in [2.45, 2.75) is 55.0 Å².